The van der Waals surface area contributed by atoms with Crippen molar-refractivity contribution in [1.82, 2.24) is 0 Å². The number of aliphatic hydroxyl groups excluding tert-OH is 1. The van der Waals surface area contributed by atoms with Gasteiger partial charge in [0.2, 0.25) is 0 Å². The largest absolute Gasteiger partial charge is 0.462 e. The molecule has 144 valence electrons. The van der Waals surface area contributed by atoms with Gasteiger partial charge in [0, 0.05) is 22.8 Å². The van der Waals surface area contributed by atoms with E-state index in [1.54, 1.807) is 13.8 Å². The van der Waals surface area contributed by atoms with Crippen molar-refractivity contribution >= 4 is 17.9 Å². The fourth-order valence-electron chi connectivity index (χ4n) is 4.67. The van der Waals surface area contributed by atoms with E-state index in [1.807, 2.05) is 6.92 Å². The molecule has 0 aromatic heterocycles. The van der Waals surface area contributed by atoms with E-state index in [1.165, 1.54) is 0 Å². The molecule has 2 unspecified atom stereocenters. The van der Waals surface area contributed by atoms with Crippen LogP contribution in [0.15, 0.2) is 12.2 Å². The van der Waals surface area contributed by atoms with Crippen molar-refractivity contribution in [2.24, 2.45) is 29.1 Å². The van der Waals surface area contributed by atoms with Crippen LogP contribution in [0.25, 0.3) is 0 Å². The molecule has 0 aromatic carbocycles. The molecule has 2 heterocycles. The predicted octanol–water partition coefficient (Wildman–Crippen LogP) is 1.23. The Hall–Kier alpha value is -1.89. The molecule has 3 aliphatic rings. The molecule has 3 fully saturated rings. The monoisotopic (exact) mass is 366 g/mol. The number of carbonyl (C=O) groups excluding carboxylic acids is 3. The van der Waals surface area contributed by atoms with Crippen molar-refractivity contribution in [3.63, 3.8) is 0 Å². The van der Waals surface area contributed by atoms with Gasteiger partial charge >= 0.3 is 17.9 Å². The highest BCUT2D eigenvalue weighted by atomic mass is 16.6. The molecule has 0 aromatic rings. The van der Waals surface area contributed by atoms with Gasteiger partial charge in [0.15, 0.2) is 0 Å². The Balaban J connectivity index is 1.98. The fraction of sp³-hybridized carbons (Fsp3) is 0.737. The van der Waals surface area contributed by atoms with Gasteiger partial charge in [0.1, 0.15) is 12.2 Å². The highest BCUT2D eigenvalue weighted by Crippen LogP contribution is 2.56. The van der Waals surface area contributed by atoms with Gasteiger partial charge in [-0.25, -0.2) is 4.79 Å². The molecule has 0 radical (unpaired) electrons. The van der Waals surface area contributed by atoms with Crippen molar-refractivity contribution in [2.75, 3.05) is 13.2 Å². The van der Waals surface area contributed by atoms with Gasteiger partial charge < -0.3 is 19.3 Å². The lowest BCUT2D eigenvalue weighted by atomic mass is 9.56. The number of fused-ring (bicyclic) bond motifs is 3. The average Bonchev–Trinajstić information content (AvgIpc) is 2.92. The molecule has 1 N–H and O–H groups in total. The molecule has 26 heavy (non-hydrogen) atoms. The predicted molar refractivity (Wildman–Crippen MR) is 89.6 cm³/mol. The molecule has 2 saturated heterocycles. The van der Waals surface area contributed by atoms with Gasteiger partial charge in [-0.1, -0.05) is 20.4 Å². The van der Waals surface area contributed by atoms with Crippen LogP contribution in [0.3, 0.4) is 0 Å². The third kappa shape index (κ3) is 2.73. The molecule has 2 aliphatic heterocycles. The van der Waals surface area contributed by atoms with Crippen LogP contribution in [0.4, 0.5) is 0 Å². The first kappa shape index (κ1) is 18.9. The maximum atomic E-state index is 12.3. The number of aliphatic hydroxyl groups is 1. The number of cyclic esters (lactones) is 1. The molecule has 0 amide bonds. The zero-order valence-corrected chi connectivity index (χ0v) is 15.4. The maximum Gasteiger partial charge on any atom is 0.333 e. The fourth-order valence-corrected chi connectivity index (χ4v) is 4.67. The lowest BCUT2D eigenvalue weighted by Gasteiger charge is -2.53. The molecule has 1 saturated carbocycles. The van der Waals surface area contributed by atoms with Crippen molar-refractivity contribution in [3.05, 3.63) is 12.2 Å². The third-order valence-electron chi connectivity index (χ3n) is 6.38. The second kappa shape index (κ2) is 6.68. The Kier molecular flexibility index (Phi) is 4.86. The molecule has 0 spiro atoms. The summed E-state index contributed by atoms with van der Waals surface area (Å²) in [6, 6.07) is 0. The molecule has 0 bridgehead atoms. The summed E-state index contributed by atoms with van der Waals surface area (Å²) in [7, 11) is 0. The zero-order chi connectivity index (χ0) is 19.2. The minimum atomic E-state index is -0.642. The Morgan fingerprint density at radius 1 is 1.46 bits per heavy atom. The van der Waals surface area contributed by atoms with Crippen LogP contribution in [-0.4, -0.2) is 48.4 Å². The SMILES string of the molecule is C=C1C(=O)OC[C@@]2(CC)C[C@H](OC(=O)C(C)CO)[C@H]3C(C)C(=O)O[C@@H]3[C@@H]12. The number of esters is 3. The molecule has 3 rings (SSSR count). The van der Waals surface area contributed by atoms with E-state index in [0.717, 1.165) is 0 Å². The molecular weight excluding hydrogens is 340 g/mol. The topological polar surface area (TPSA) is 99.1 Å². The first-order valence-electron chi connectivity index (χ1n) is 9.13. The van der Waals surface area contributed by atoms with Crippen LogP contribution < -0.4 is 0 Å². The summed E-state index contributed by atoms with van der Waals surface area (Å²) in [6.45, 7) is 9.11. The van der Waals surface area contributed by atoms with Crippen molar-refractivity contribution < 1.29 is 33.7 Å². The van der Waals surface area contributed by atoms with Gasteiger partial charge in [-0.05, 0) is 19.8 Å². The molecule has 7 atom stereocenters. The van der Waals surface area contributed by atoms with E-state index >= 15 is 0 Å². The smallest absolute Gasteiger partial charge is 0.333 e. The summed E-state index contributed by atoms with van der Waals surface area (Å²) in [5.41, 5.74) is -0.160. The lowest BCUT2D eigenvalue weighted by Crippen LogP contribution is -2.58. The van der Waals surface area contributed by atoms with E-state index in [-0.39, 0.29) is 31.0 Å². The number of hydrogen-bond donors (Lipinski definition) is 1. The Bertz CT molecular complexity index is 642. The molecule has 7 heteroatoms. The summed E-state index contributed by atoms with van der Waals surface area (Å²) in [4.78, 5) is 36.6. The summed E-state index contributed by atoms with van der Waals surface area (Å²) in [6.07, 6.45) is 0.0346. The minimum Gasteiger partial charge on any atom is -0.462 e. The van der Waals surface area contributed by atoms with Crippen LogP contribution >= 0.6 is 0 Å². The van der Waals surface area contributed by atoms with Crippen molar-refractivity contribution in [3.8, 4) is 0 Å². The standard InChI is InChI=1S/C19H26O7/c1-5-19-6-12(25-16(21)9(2)7-20)13-10(3)18(23)26-15(13)14(19)11(4)17(22)24-8-19/h9-10,12-15,20H,4-8H2,1-3H3/t9?,10?,12-,13+,14+,15-,19+/m0/s1. The van der Waals surface area contributed by atoms with Crippen LogP contribution in [0.2, 0.25) is 0 Å². The zero-order valence-electron chi connectivity index (χ0n) is 15.4. The highest BCUT2D eigenvalue weighted by molar-refractivity contribution is 5.90. The van der Waals surface area contributed by atoms with Gasteiger partial charge in [-0.15, -0.1) is 0 Å². The van der Waals surface area contributed by atoms with Crippen LogP contribution in [0.5, 0.6) is 0 Å². The Labute approximate surface area is 152 Å². The quantitative estimate of drug-likeness (QED) is 0.454. The number of hydrogen-bond acceptors (Lipinski definition) is 7. The van der Waals surface area contributed by atoms with Crippen LogP contribution in [-0.2, 0) is 28.6 Å². The summed E-state index contributed by atoms with van der Waals surface area (Å²) in [5, 5.41) is 9.22. The van der Waals surface area contributed by atoms with E-state index in [4.69, 9.17) is 14.2 Å². The first-order valence-corrected chi connectivity index (χ1v) is 9.13. The van der Waals surface area contributed by atoms with Crippen LogP contribution in [0, 0.1) is 29.1 Å². The summed E-state index contributed by atoms with van der Waals surface area (Å²) >= 11 is 0. The van der Waals surface area contributed by atoms with Crippen LogP contribution in [0.1, 0.15) is 33.6 Å². The second-order valence-corrected chi connectivity index (χ2v) is 7.83. The maximum absolute atomic E-state index is 12.3. The Morgan fingerprint density at radius 2 is 2.15 bits per heavy atom. The summed E-state index contributed by atoms with van der Waals surface area (Å²) < 4.78 is 16.7. The third-order valence-corrected chi connectivity index (χ3v) is 6.38. The van der Waals surface area contributed by atoms with Gasteiger partial charge in [0.05, 0.1) is 25.0 Å². The van der Waals surface area contributed by atoms with Gasteiger partial charge in [0.25, 0.3) is 0 Å². The van der Waals surface area contributed by atoms with Crippen molar-refractivity contribution in [2.45, 2.75) is 45.8 Å². The second-order valence-electron chi connectivity index (χ2n) is 7.83. The van der Waals surface area contributed by atoms with E-state index in [0.29, 0.717) is 18.4 Å². The highest BCUT2D eigenvalue weighted by Gasteiger charge is 2.64. The normalized spacial score (nSPS) is 40.2. The first-order chi connectivity index (χ1) is 12.3. The molecular formula is C19H26O7. The Morgan fingerprint density at radius 3 is 2.77 bits per heavy atom. The number of rotatable bonds is 4. The van der Waals surface area contributed by atoms with Gasteiger partial charge in [-0.3, -0.25) is 9.59 Å². The minimum absolute atomic E-state index is 0.185. The lowest BCUT2D eigenvalue weighted by molar-refractivity contribution is -0.188. The number of carbonyl (C=O) groups is 3. The summed E-state index contributed by atoms with van der Waals surface area (Å²) in [5.74, 6) is -3.08. The van der Waals surface area contributed by atoms with Crippen molar-refractivity contribution in [1.29, 1.82) is 0 Å². The average molecular weight is 366 g/mol. The number of ether oxygens (including phenoxy) is 3. The molecule has 7 nitrogen and oxygen atoms in total. The van der Waals surface area contributed by atoms with Gasteiger partial charge in [-0.2, -0.15) is 0 Å². The van der Waals surface area contributed by atoms with E-state index in [2.05, 4.69) is 6.58 Å². The molecule has 1 aliphatic carbocycles. The van der Waals surface area contributed by atoms with E-state index in [9.17, 15) is 19.5 Å². The van der Waals surface area contributed by atoms with E-state index < -0.39 is 41.4 Å².